The van der Waals surface area contributed by atoms with E-state index in [4.69, 9.17) is 15.7 Å². The third kappa shape index (κ3) is 3.71. The van der Waals surface area contributed by atoms with Gasteiger partial charge in [0.2, 0.25) is 0 Å². The molecule has 96 valence electrons. The van der Waals surface area contributed by atoms with E-state index in [0.717, 1.165) is 18.9 Å². The van der Waals surface area contributed by atoms with Crippen LogP contribution in [0.1, 0.15) is 49.3 Å². The summed E-state index contributed by atoms with van der Waals surface area (Å²) in [7, 11) is 0. The van der Waals surface area contributed by atoms with Gasteiger partial charge in [0.05, 0.1) is 5.56 Å². The number of nitrogens with zero attached hydrogens (tertiary/aromatic N) is 2. The number of nitrogen functional groups attached to an aromatic ring is 1. The molecule has 0 unspecified atom stereocenters. The van der Waals surface area contributed by atoms with E-state index in [1.807, 2.05) is 12.1 Å². The van der Waals surface area contributed by atoms with E-state index in [0.29, 0.717) is 17.3 Å². The van der Waals surface area contributed by atoms with Crippen molar-refractivity contribution in [2.24, 2.45) is 0 Å². The third-order valence-corrected chi connectivity index (χ3v) is 3.14. The number of nitriles is 1. The summed E-state index contributed by atoms with van der Waals surface area (Å²) in [5, 5.41) is 8.59. The van der Waals surface area contributed by atoms with Crippen molar-refractivity contribution in [3.05, 3.63) is 23.4 Å². The highest BCUT2D eigenvalue weighted by molar-refractivity contribution is 5.49. The molecule has 1 aromatic heterocycles. The molecule has 2 fully saturated rings. The fourth-order valence-corrected chi connectivity index (χ4v) is 1.88. The Morgan fingerprint density at radius 1 is 1.22 bits per heavy atom. The van der Waals surface area contributed by atoms with Crippen molar-refractivity contribution in [3.8, 4) is 6.07 Å². The van der Waals surface area contributed by atoms with Gasteiger partial charge >= 0.3 is 0 Å². The second kappa shape index (κ2) is 6.36. The van der Waals surface area contributed by atoms with Gasteiger partial charge in [-0.3, -0.25) is 0 Å². The van der Waals surface area contributed by atoms with Gasteiger partial charge in [0.15, 0.2) is 0 Å². The predicted octanol–water partition coefficient (Wildman–Crippen LogP) is 2.60. The number of ether oxygens (including phenoxy) is 1. The van der Waals surface area contributed by atoms with Gasteiger partial charge < -0.3 is 10.5 Å². The molecule has 0 amide bonds. The molecule has 0 radical (unpaired) electrons. The molecule has 0 atom stereocenters. The smallest absolute Gasteiger partial charge is 0.141 e. The van der Waals surface area contributed by atoms with Crippen LogP contribution in [0.25, 0.3) is 0 Å². The molecule has 4 heteroatoms. The van der Waals surface area contributed by atoms with E-state index >= 15 is 0 Å². The van der Waals surface area contributed by atoms with Crippen molar-refractivity contribution in [1.29, 1.82) is 5.26 Å². The van der Waals surface area contributed by atoms with E-state index < -0.39 is 0 Å². The Morgan fingerprint density at radius 2 is 1.94 bits per heavy atom. The highest BCUT2D eigenvalue weighted by Gasteiger charge is 2.25. The minimum absolute atomic E-state index is 0.363. The molecule has 1 saturated heterocycles. The number of anilines is 1. The fraction of sp³-hybridized carbons (Fsp3) is 0.571. The number of hydrogen-bond acceptors (Lipinski definition) is 4. The van der Waals surface area contributed by atoms with E-state index in [-0.39, 0.29) is 0 Å². The molecule has 1 saturated carbocycles. The molecule has 2 heterocycles. The molecule has 1 aromatic rings. The Bertz CT molecular complexity index is 420. The molecule has 0 spiro atoms. The molecular weight excluding hydrogens is 226 g/mol. The molecular formula is C14H19N3O. The maximum absolute atomic E-state index is 8.59. The second-order valence-electron chi connectivity index (χ2n) is 4.73. The first-order valence-corrected chi connectivity index (χ1v) is 6.55. The van der Waals surface area contributed by atoms with Crippen molar-refractivity contribution in [1.82, 2.24) is 4.98 Å². The first-order chi connectivity index (χ1) is 8.81. The van der Waals surface area contributed by atoms with Crippen molar-refractivity contribution in [3.63, 3.8) is 0 Å². The topological polar surface area (TPSA) is 71.9 Å². The summed E-state index contributed by atoms with van der Waals surface area (Å²) in [4.78, 5) is 4.16. The molecule has 0 bridgehead atoms. The zero-order valence-electron chi connectivity index (χ0n) is 10.6. The molecule has 2 aliphatic rings. The van der Waals surface area contributed by atoms with Gasteiger partial charge in [-0.25, -0.2) is 4.98 Å². The summed E-state index contributed by atoms with van der Waals surface area (Å²) >= 11 is 0. The zero-order chi connectivity index (χ0) is 12.8. The first kappa shape index (κ1) is 12.8. The van der Waals surface area contributed by atoms with Crippen LogP contribution in [0.5, 0.6) is 0 Å². The van der Waals surface area contributed by atoms with Crippen LogP contribution in [0.15, 0.2) is 12.1 Å². The van der Waals surface area contributed by atoms with E-state index in [9.17, 15) is 0 Å². The third-order valence-electron chi connectivity index (χ3n) is 3.14. The van der Waals surface area contributed by atoms with E-state index in [2.05, 4.69) is 4.98 Å². The van der Waals surface area contributed by atoms with E-state index in [1.165, 1.54) is 32.1 Å². The number of hydrogen-bond donors (Lipinski definition) is 1. The van der Waals surface area contributed by atoms with Crippen LogP contribution in [0, 0.1) is 11.3 Å². The highest BCUT2D eigenvalue weighted by Crippen LogP contribution is 2.39. The Hall–Kier alpha value is -1.60. The summed E-state index contributed by atoms with van der Waals surface area (Å²) in [6.45, 7) is 2.00. The minimum atomic E-state index is 0.363. The average molecular weight is 245 g/mol. The fourth-order valence-electron chi connectivity index (χ4n) is 1.88. The van der Waals surface area contributed by atoms with Crippen LogP contribution in [-0.4, -0.2) is 18.2 Å². The number of nitrogens with two attached hydrogens (primary N) is 1. The van der Waals surface area contributed by atoms with Crippen LogP contribution < -0.4 is 5.73 Å². The van der Waals surface area contributed by atoms with Crippen molar-refractivity contribution >= 4 is 5.82 Å². The van der Waals surface area contributed by atoms with Gasteiger partial charge in [0.25, 0.3) is 0 Å². The van der Waals surface area contributed by atoms with Crippen LogP contribution in [0.2, 0.25) is 0 Å². The molecule has 0 aromatic carbocycles. The second-order valence-corrected chi connectivity index (χ2v) is 4.73. The number of rotatable bonds is 1. The Labute approximate surface area is 108 Å². The van der Waals surface area contributed by atoms with Gasteiger partial charge in [-0.1, -0.05) is 0 Å². The monoisotopic (exact) mass is 245 g/mol. The lowest BCUT2D eigenvalue weighted by Crippen LogP contribution is -2.03. The largest absolute Gasteiger partial charge is 0.383 e. The van der Waals surface area contributed by atoms with Crippen LogP contribution in [-0.2, 0) is 4.74 Å². The summed E-state index contributed by atoms with van der Waals surface area (Å²) in [5.74, 6) is 0.960. The standard InChI is InChI=1S/C9H9N3.C5H10O/c10-5-7-3-4-8(6-1-2-6)12-9(7)11;1-2-4-6-5-3-1/h3-4,6H,1-2H2,(H2,11,12);1-5H2. The average Bonchev–Trinajstić information content (AvgIpc) is 3.26. The number of pyridine rings is 1. The Kier molecular flexibility index (Phi) is 4.54. The molecule has 3 rings (SSSR count). The Morgan fingerprint density at radius 3 is 2.33 bits per heavy atom. The van der Waals surface area contributed by atoms with Crippen molar-refractivity contribution in [2.45, 2.75) is 38.0 Å². The lowest BCUT2D eigenvalue weighted by molar-refractivity contribution is 0.0968. The van der Waals surface area contributed by atoms with Gasteiger partial charge in [-0.15, -0.1) is 0 Å². The SMILES string of the molecule is C1CCOCC1.N#Cc1ccc(C2CC2)nc1N. The summed E-state index contributed by atoms with van der Waals surface area (Å²) in [6.07, 6.45) is 6.34. The molecule has 1 aliphatic carbocycles. The zero-order valence-corrected chi connectivity index (χ0v) is 10.6. The van der Waals surface area contributed by atoms with Crippen molar-refractivity contribution in [2.75, 3.05) is 18.9 Å². The van der Waals surface area contributed by atoms with Gasteiger partial charge in [0.1, 0.15) is 11.9 Å². The molecule has 1 aliphatic heterocycles. The number of aromatic nitrogens is 1. The summed E-state index contributed by atoms with van der Waals surface area (Å²) in [6, 6.07) is 5.64. The lowest BCUT2D eigenvalue weighted by Gasteiger charge is -2.08. The van der Waals surface area contributed by atoms with Gasteiger partial charge in [0, 0.05) is 24.8 Å². The quantitative estimate of drug-likeness (QED) is 0.825. The van der Waals surface area contributed by atoms with Gasteiger partial charge in [-0.2, -0.15) is 5.26 Å². The predicted molar refractivity (Wildman–Crippen MR) is 70.0 cm³/mol. The lowest BCUT2D eigenvalue weighted by atomic mass is 10.2. The summed E-state index contributed by atoms with van der Waals surface area (Å²) in [5.41, 5.74) is 7.07. The summed E-state index contributed by atoms with van der Waals surface area (Å²) < 4.78 is 5.07. The molecule has 2 N–H and O–H groups in total. The normalized spacial score (nSPS) is 18.4. The van der Waals surface area contributed by atoms with Crippen LogP contribution >= 0.6 is 0 Å². The maximum Gasteiger partial charge on any atom is 0.141 e. The Balaban J connectivity index is 0.000000169. The maximum atomic E-state index is 8.59. The minimum Gasteiger partial charge on any atom is -0.383 e. The van der Waals surface area contributed by atoms with Crippen LogP contribution in [0.4, 0.5) is 5.82 Å². The molecule has 18 heavy (non-hydrogen) atoms. The first-order valence-electron chi connectivity index (χ1n) is 6.55. The van der Waals surface area contributed by atoms with E-state index in [1.54, 1.807) is 6.07 Å². The highest BCUT2D eigenvalue weighted by atomic mass is 16.5. The molecule has 4 nitrogen and oxygen atoms in total. The van der Waals surface area contributed by atoms with Crippen molar-refractivity contribution < 1.29 is 4.74 Å². The van der Waals surface area contributed by atoms with Crippen LogP contribution in [0.3, 0.4) is 0 Å². The van der Waals surface area contributed by atoms with Gasteiger partial charge in [-0.05, 0) is 44.2 Å².